The quantitative estimate of drug-likeness (QED) is 0.662. The summed E-state index contributed by atoms with van der Waals surface area (Å²) in [6.07, 6.45) is 2.13. The van der Waals surface area contributed by atoms with E-state index in [1.54, 1.807) is 17.2 Å². The zero-order valence-electron chi connectivity index (χ0n) is 15.7. The molecule has 0 unspecified atom stereocenters. The van der Waals surface area contributed by atoms with Crippen LogP contribution in [0.25, 0.3) is 10.9 Å². The Hall–Kier alpha value is -2.84. The number of amides is 1. The number of rotatable bonds is 3. The molecule has 1 saturated heterocycles. The maximum Gasteiger partial charge on any atom is 0.254 e. The van der Waals surface area contributed by atoms with Crippen LogP contribution in [-0.4, -0.2) is 54.7 Å². The van der Waals surface area contributed by atoms with Gasteiger partial charge >= 0.3 is 0 Å². The molecule has 2 heterocycles. The van der Waals surface area contributed by atoms with Crippen LogP contribution in [0.4, 0.5) is 4.39 Å². The normalized spacial score (nSPS) is 16.0. The molecule has 0 atom stereocenters. The highest BCUT2D eigenvalue weighted by Crippen LogP contribution is 2.21. The molecule has 150 valence electrons. The van der Waals surface area contributed by atoms with Gasteiger partial charge in [0.05, 0.1) is 16.0 Å². The maximum absolute atomic E-state index is 13.1. The highest BCUT2D eigenvalue weighted by Gasteiger charge is 2.29. The van der Waals surface area contributed by atoms with Crippen molar-refractivity contribution in [1.29, 1.82) is 0 Å². The molecule has 1 aliphatic rings. The molecule has 0 spiro atoms. The molecule has 0 saturated carbocycles. The predicted molar refractivity (Wildman–Crippen MR) is 107 cm³/mol. The zero-order chi connectivity index (χ0) is 20.4. The zero-order valence-corrected chi connectivity index (χ0v) is 16.5. The van der Waals surface area contributed by atoms with Crippen LogP contribution in [0.1, 0.15) is 16.8 Å². The SMILES string of the molecule is O=C(c1ccnc2ccccc12)N1CCCN(S(=O)(=O)c2ccc(F)cc2)CC1. The lowest BCUT2D eigenvalue weighted by molar-refractivity contribution is 0.0766. The van der Waals surface area contributed by atoms with Crippen LogP contribution >= 0.6 is 0 Å². The van der Waals surface area contributed by atoms with Crippen molar-refractivity contribution >= 4 is 26.8 Å². The van der Waals surface area contributed by atoms with Gasteiger partial charge in [0.1, 0.15) is 5.82 Å². The number of para-hydroxylation sites is 1. The molecule has 6 nitrogen and oxygen atoms in total. The number of sulfonamides is 1. The largest absolute Gasteiger partial charge is 0.337 e. The summed E-state index contributed by atoms with van der Waals surface area (Å²) in [6.45, 7) is 1.25. The molecular weight excluding hydrogens is 393 g/mol. The number of fused-ring (bicyclic) bond motifs is 1. The smallest absolute Gasteiger partial charge is 0.254 e. The molecule has 29 heavy (non-hydrogen) atoms. The molecule has 1 aromatic heterocycles. The van der Waals surface area contributed by atoms with Gasteiger partial charge in [-0.05, 0) is 42.8 Å². The monoisotopic (exact) mass is 413 g/mol. The molecule has 0 bridgehead atoms. The molecule has 2 aromatic carbocycles. The molecule has 8 heteroatoms. The molecule has 1 aliphatic heterocycles. The summed E-state index contributed by atoms with van der Waals surface area (Å²) in [7, 11) is -3.73. The molecule has 4 rings (SSSR count). The van der Waals surface area contributed by atoms with E-state index in [0.29, 0.717) is 25.1 Å². The van der Waals surface area contributed by atoms with Gasteiger partial charge in [0, 0.05) is 37.8 Å². The van der Waals surface area contributed by atoms with Crippen LogP contribution in [0, 0.1) is 5.82 Å². The number of nitrogens with zero attached hydrogens (tertiary/aromatic N) is 3. The average molecular weight is 413 g/mol. The third-order valence-electron chi connectivity index (χ3n) is 5.07. The predicted octanol–water partition coefficient (Wildman–Crippen LogP) is 2.91. The summed E-state index contributed by atoms with van der Waals surface area (Å²) in [4.78, 5) is 19.1. The summed E-state index contributed by atoms with van der Waals surface area (Å²) >= 11 is 0. The van der Waals surface area contributed by atoms with E-state index in [-0.39, 0.29) is 23.9 Å². The van der Waals surface area contributed by atoms with Gasteiger partial charge in [0.2, 0.25) is 10.0 Å². The number of carbonyl (C=O) groups is 1. The Kier molecular flexibility index (Phi) is 5.29. The fourth-order valence-electron chi connectivity index (χ4n) is 3.55. The Morgan fingerprint density at radius 2 is 1.69 bits per heavy atom. The lowest BCUT2D eigenvalue weighted by Crippen LogP contribution is -2.37. The van der Waals surface area contributed by atoms with Gasteiger partial charge in [-0.2, -0.15) is 4.31 Å². The summed E-state index contributed by atoms with van der Waals surface area (Å²) in [5, 5.41) is 0.778. The molecule has 0 radical (unpaired) electrons. The molecule has 3 aromatic rings. The van der Waals surface area contributed by atoms with Crippen LogP contribution in [0.3, 0.4) is 0 Å². The number of benzene rings is 2. The standard InChI is InChI=1S/C21H20FN3O3S/c22-16-6-8-17(9-7-16)29(27,28)25-13-3-12-24(14-15-25)21(26)19-10-11-23-20-5-2-1-4-18(19)20/h1-2,4-11H,3,12-15H2. The van der Waals surface area contributed by atoms with E-state index in [0.717, 1.165) is 23.0 Å². The van der Waals surface area contributed by atoms with Crippen LogP contribution in [0.15, 0.2) is 65.7 Å². The second kappa shape index (κ2) is 7.88. The minimum absolute atomic E-state index is 0.0544. The van der Waals surface area contributed by atoms with Crippen LogP contribution in [0.2, 0.25) is 0 Å². The number of carbonyl (C=O) groups excluding carboxylic acids is 1. The first-order valence-corrected chi connectivity index (χ1v) is 10.8. The first-order chi connectivity index (χ1) is 14.0. The molecule has 1 amide bonds. The van der Waals surface area contributed by atoms with Crippen molar-refractivity contribution in [3.05, 3.63) is 72.2 Å². The second-order valence-electron chi connectivity index (χ2n) is 6.88. The van der Waals surface area contributed by atoms with Crippen LogP contribution in [-0.2, 0) is 10.0 Å². The van der Waals surface area contributed by atoms with E-state index in [2.05, 4.69) is 4.98 Å². The number of hydrogen-bond acceptors (Lipinski definition) is 4. The van der Waals surface area contributed by atoms with Crippen molar-refractivity contribution in [3.8, 4) is 0 Å². The van der Waals surface area contributed by atoms with Gasteiger partial charge in [-0.1, -0.05) is 18.2 Å². The van der Waals surface area contributed by atoms with E-state index < -0.39 is 15.8 Å². The molecular formula is C21H20FN3O3S. The Morgan fingerprint density at radius 3 is 2.48 bits per heavy atom. The van der Waals surface area contributed by atoms with Gasteiger partial charge in [0.25, 0.3) is 5.91 Å². The van der Waals surface area contributed by atoms with Crippen molar-refractivity contribution in [2.24, 2.45) is 0 Å². The fraction of sp³-hybridized carbons (Fsp3) is 0.238. The van der Waals surface area contributed by atoms with E-state index in [1.165, 1.54) is 16.4 Å². The molecule has 0 N–H and O–H groups in total. The Bertz CT molecular complexity index is 1140. The number of hydrogen-bond donors (Lipinski definition) is 0. The lowest BCUT2D eigenvalue weighted by atomic mass is 10.1. The van der Waals surface area contributed by atoms with Crippen LogP contribution in [0.5, 0.6) is 0 Å². The average Bonchev–Trinajstić information content (AvgIpc) is 3.00. The van der Waals surface area contributed by atoms with E-state index in [9.17, 15) is 17.6 Å². The van der Waals surface area contributed by atoms with Crippen molar-refractivity contribution in [3.63, 3.8) is 0 Å². The summed E-state index contributed by atoms with van der Waals surface area (Å²) in [5.74, 6) is -0.620. The third-order valence-corrected chi connectivity index (χ3v) is 6.99. The maximum atomic E-state index is 13.1. The summed E-state index contributed by atoms with van der Waals surface area (Å²) < 4.78 is 40.2. The summed E-state index contributed by atoms with van der Waals surface area (Å²) in [5.41, 5.74) is 1.30. The van der Waals surface area contributed by atoms with E-state index in [4.69, 9.17) is 0 Å². The van der Waals surface area contributed by atoms with E-state index in [1.807, 2.05) is 24.3 Å². The van der Waals surface area contributed by atoms with Crippen LogP contribution < -0.4 is 0 Å². The molecule has 1 fully saturated rings. The Labute approximate surface area is 168 Å². The Morgan fingerprint density at radius 1 is 0.931 bits per heavy atom. The van der Waals surface area contributed by atoms with Gasteiger partial charge in [-0.3, -0.25) is 9.78 Å². The Balaban J connectivity index is 1.54. The van der Waals surface area contributed by atoms with Crippen molar-refractivity contribution in [2.75, 3.05) is 26.2 Å². The lowest BCUT2D eigenvalue weighted by Gasteiger charge is -2.22. The topological polar surface area (TPSA) is 70.6 Å². The number of aromatic nitrogens is 1. The minimum Gasteiger partial charge on any atom is -0.337 e. The molecule has 0 aliphatic carbocycles. The second-order valence-corrected chi connectivity index (χ2v) is 8.82. The van der Waals surface area contributed by atoms with Gasteiger partial charge < -0.3 is 4.90 Å². The van der Waals surface area contributed by atoms with Crippen molar-refractivity contribution in [2.45, 2.75) is 11.3 Å². The van der Waals surface area contributed by atoms with Gasteiger partial charge in [0.15, 0.2) is 0 Å². The van der Waals surface area contributed by atoms with Gasteiger partial charge in [-0.15, -0.1) is 0 Å². The third kappa shape index (κ3) is 3.86. The minimum atomic E-state index is -3.73. The number of halogens is 1. The highest BCUT2D eigenvalue weighted by molar-refractivity contribution is 7.89. The number of pyridine rings is 1. The fourth-order valence-corrected chi connectivity index (χ4v) is 5.02. The first-order valence-electron chi connectivity index (χ1n) is 9.35. The van der Waals surface area contributed by atoms with Gasteiger partial charge in [-0.25, -0.2) is 12.8 Å². The summed E-state index contributed by atoms with van der Waals surface area (Å²) in [6, 6.07) is 13.9. The van der Waals surface area contributed by atoms with Crippen molar-refractivity contribution < 1.29 is 17.6 Å². The highest BCUT2D eigenvalue weighted by atomic mass is 32.2. The van der Waals surface area contributed by atoms with Crippen molar-refractivity contribution in [1.82, 2.24) is 14.2 Å². The van der Waals surface area contributed by atoms with E-state index >= 15 is 0 Å². The first kappa shape index (κ1) is 19.5.